The molecule has 0 fully saturated rings. The average Bonchev–Trinajstić information content (AvgIpc) is 2.50. The predicted octanol–water partition coefficient (Wildman–Crippen LogP) is 4.49. The molecule has 1 aliphatic rings. The van der Waals surface area contributed by atoms with E-state index in [1.807, 2.05) is 17.9 Å². The Morgan fingerprint density at radius 1 is 1.10 bits per heavy atom. The molecule has 0 radical (unpaired) electrons. The summed E-state index contributed by atoms with van der Waals surface area (Å²) >= 11 is 3.54. The first-order chi connectivity index (χ1) is 10.2. The highest BCUT2D eigenvalue weighted by atomic mass is 79.9. The van der Waals surface area contributed by atoms with E-state index in [1.54, 1.807) is 0 Å². The van der Waals surface area contributed by atoms with Gasteiger partial charge in [0.2, 0.25) is 5.91 Å². The number of nitrogens with zero attached hydrogens (tertiary/aromatic N) is 1. The maximum absolute atomic E-state index is 12.4. The molecular weight excluding hydrogens is 326 g/mol. The molecular formula is C18H18BrNO. The van der Waals surface area contributed by atoms with E-state index < -0.39 is 0 Å². The number of carbonyl (C=O) groups is 1. The fourth-order valence-electron chi connectivity index (χ4n) is 2.91. The number of fused-ring (bicyclic) bond motifs is 2. The average molecular weight is 344 g/mol. The number of halogens is 1. The molecule has 2 nitrogen and oxygen atoms in total. The van der Waals surface area contributed by atoms with E-state index >= 15 is 0 Å². The summed E-state index contributed by atoms with van der Waals surface area (Å²) in [5.41, 5.74) is 4.89. The standard InChI is InChI=1S/C18H18BrNO/c1-2-18(21)20-12-15-9-10-16(19)11-14(15)8-7-13-5-3-4-6-17(13)20/h3-6,9-11H,2,7-8,12H2,1H3. The second-order valence-electron chi connectivity index (χ2n) is 5.38. The van der Waals surface area contributed by atoms with Crippen LogP contribution in [0.4, 0.5) is 5.69 Å². The molecule has 0 spiro atoms. The van der Waals surface area contributed by atoms with E-state index in [4.69, 9.17) is 0 Å². The Kier molecular flexibility index (Phi) is 4.11. The number of hydrogen-bond donors (Lipinski definition) is 0. The Labute approximate surface area is 133 Å². The Bertz CT molecular complexity index is 681. The molecule has 0 aromatic heterocycles. The summed E-state index contributed by atoms with van der Waals surface area (Å²) < 4.78 is 1.10. The topological polar surface area (TPSA) is 20.3 Å². The third-order valence-corrected chi connectivity index (χ3v) is 4.54. The van der Waals surface area contributed by atoms with Gasteiger partial charge >= 0.3 is 0 Å². The van der Waals surface area contributed by atoms with Gasteiger partial charge < -0.3 is 4.90 Å². The molecule has 1 amide bonds. The minimum Gasteiger partial charge on any atom is -0.308 e. The van der Waals surface area contributed by atoms with Crippen molar-refractivity contribution in [1.29, 1.82) is 0 Å². The molecule has 0 bridgehead atoms. The highest BCUT2D eigenvalue weighted by Gasteiger charge is 2.21. The van der Waals surface area contributed by atoms with E-state index in [2.05, 4.69) is 52.3 Å². The number of aryl methyl sites for hydroxylation is 2. The van der Waals surface area contributed by atoms with E-state index in [0.29, 0.717) is 13.0 Å². The Balaban J connectivity index is 2.08. The van der Waals surface area contributed by atoms with Gasteiger partial charge in [-0.25, -0.2) is 0 Å². The molecule has 0 aliphatic carbocycles. The first-order valence-electron chi connectivity index (χ1n) is 7.34. The molecule has 0 saturated heterocycles. The molecule has 108 valence electrons. The molecule has 21 heavy (non-hydrogen) atoms. The highest BCUT2D eigenvalue weighted by molar-refractivity contribution is 9.10. The number of rotatable bonds is 1. The second kappa shape index (κ2) is 6.02. The molecule has 0 N–H and O–H groups in total. The van der Waals surface area contributed by atoms with Gasteiger partial charge in [-0.1, -0.05) is 47.1 Å². The van der Waals surface area contributed by atoms with Gasteiger partial charge in [0, 0.05) is 16.6 Å². The first kappa shape index (κ1) is 14.3. The quantitative estimate of drug-likeness (QED) is 0.746. The van der Waals surface area contributed by atoms with Crippen molar-refractivity contribution in [2.24, 2.45) is 0 Å². The normalized spacial score (nSPS) is 13.9. The zero-order valence-electron chi connectivity index (χ0n) is 12.1. The molecule has 3 rings (SSSR count). The SMILES string of the molecule is CCC(=O)N1Cc2ccc(Br)cc2CCc2ccccc21. The van der Waals surface area contributed by atoms with Crippen molar-refractivity contribution < 1.29 is 4.79 Å². The summed E-state index contributed by atoms with van der Waals surface area (Å²) in [4.78, 5) is 14.3. The van der Waals surface area contributed by atoms with Crippen LogP contribution in [-0.2, 0) is 24.2 Å². The molecule has 0 unspecified atom stereocenters. The molecule has 1 heterocycles. The lowest BCUT2D eigenvalue weighted by Crippen LogP contribution is -2.32. The van der Waals surface area contributed by atoms with E-state index in [9.17, 15) is 4.79 Å². The Hall–Kier alpha value is -1.61. The molecule has 1 aliphatic heterocycles. The zero-order chi connectivity index (χ0) is 14.8. The van der Waals surface area contributed by atoms with E-state index in [1.165, 1.54) is 16.7 Å². The number of hydrogen-bond acceptors (Lipinski definition) is 1. The molecule has 0 saturated carbocycles. The van der Waals surface area contributed by atoms with Gasteiger partial charge in [-0.15, -0.1) is 0 Å². The van der Waals surface area contributed by atoms with Crippen LogP contribution >= 0.6 is 15.9 Å². The number of benzene rings is 2. The third-order valence-electron chi connectivity index (χ3n) is 4.05. The van der Waals surface area contributed by atoms with Crippen molar-refractivity contribution in [2.45, 2.75) is 32.7 Å². The van der Waals surface area contributed by atoms with Crippen LogP contribution in [0.1, 0.15) is 30.0 Å². The summed E-state index contributed by atoms with van der Waals surface area (Å²) in [7, 11) is 0. The number of amides is 1. The van der Waals surface area contributed by atoms with Crippen LogP contribution in [0.15, 0.2) is 46.9 Å². The summed E-state index contributed by atoms with van der Waals surface area (Å²) in [6.07, 6.45) is 2.51. The van der Waals surface area contributed by atoms with Gasteiger partial charge in [-0.2, -0.15) is 0 Å². The van der Waals surface area contributed by atoms with Crippen LogP contribution in [0.2, 0.25) is 0 Å². The monoisotopic (exact) mass is 343 g/mol. The lowest BCUT2D eigenvalue weighted by atomic mass is 9.95. The first-order valence-corrected chi connectivity index (χ1v) is 8.14. The van der Waals surface area contributed by atoms with Crippen molar-refractivity contribution in [3.63, 3.8) is 0 Å². The second-order valence-corrected chi connectivity index (χ2v) is 6.29. The van der Waals surface area contributed by atoms with E-state index in [0.717, 1.165) is 23.0 Å². The van der Waals surface area contributed by atoms with Crippen LogP contribution in [-0.4, -0.2) is 5.91 Å². The highest BCUT2D eigenvalue weighted by Crippen LogP contribution is 2.30. The van der Waals surface area contributed by atoms with Crippen LogP contribution in [0, 0.1) is 0 Å². The van der Waals surface area contributed by atoms with Gasteiger partial charge in [-0.05, 0) is 47.7 Å². The van der Waals surface area contributed by atoms with Crippen LogP contribution in [0.25, 0.3) is 0 Å². The van der Waals surface area contributed by atoms with E-state index in [-0.39, 0.29) is 5.91 Å². The summed E-state index contributed by atoms with van der Waals surface area (Å²) in [5.74, 6) is 0.179. The number of anilines is 1. The van der Waals surface area contributed by atoms with Crippen molar-refractivity contribution in [1.82, 2.24) is 0 Å². The van der Waals surface area contributed by atoms with Gasteiger partial charge in [-0.3, -0.25) is 4.79 Å². The summed E-state index contributed by atoms with van der Waals surface area (Å²) in [6.45, 7) is 2.58. The smallest absolute Gasteiger partial charge is 0.227 e. The lowest BCUT2D eigenvalue weighted by molar-refractivity contribution is -0.118. The Morgan fingerprint density at radius 2 is 1.86 bits per heavy atom. The minimum atomic E-state index is 0.179. The zero-order valence-corrected chi connectivity index (χ0v) is 13.7. The largest absolute Gasteiger partial charge is 0.308 e. The van der Waals surface area contributed by atoms with Gasteiger partial charge in [0.05, 0.1) is 6.54 Å². The van der Waals surface area contributed by atoms with Gasteiger partial charge in [0.1, 0.15) is 0 Å². The molecule has 2 aromatic rings. The minimum absolute atomic E-state index is 0.179. The lowest BCUT2D eigenvalue weighted by Gasteiger charge is -2.28. The Morgan fingerprint density at radius 3 is 2.67 bits per heavy atom. The van der Waals surface area contributed by atoms with Crippen LogP contribution in [0.3, 0.4) is 0 Å². The molecule has 3 heteroatoms. The van der Waals surface area contributed by atoms with Crippen molar-refractivity contribution >= 4 is 27.5 Å². The third kappa shape index (κ3) is 2.88. The van der Waals surface area contributed by atoms with Crippen molar-refractivity contribution in [2.75, 3.05) is 4.90 Å². The summed E-state index contributed by atoms with van der Waals surface area (Å²) in [5, 5.41) is 0. The fraction of sp³-hybridized carbons (Fsp3) is 0.278. The number of carbonyl (C=O) groups excluding carboxylic acids is 1. The summed E-state index contributed by atoms with van der Waals surface area (Å²) in [6, 6.07) is 14.6. The van der Waals surface area contributed by atoms with Crippen LogP contribution in [0.5, 0.6) is 0 Å². The number of para-hydroxylation sites is 1. The maximum Gasteiger partial charge on any atom is 0.227 e. The van der Waals surface area contributed by atoms with Crippen molar-refractivity contribution in [3.8, 4) is 0 Å². The molecule has 0 atom stereocenters. The van der Waals surface area contributed by atoms with Crippen molar-refractivity contribution in [3.05, 3.63) is 63.6 Å². The van der Waals surface area contributed by atoms with Crippen LogP contribution < -0.4 is 4.90 Å². The van der Waals surface area contributed by atoms with Gasteiger partial charge in [0.15, 0.2) is 0 Å². The fourth-order valence-corrected chi connectivity index (χ4v) is 3.31. The maximum atomic E-state index is 12.4. The van der Waals surface area contributed by atoms with Gasteiger partial charge in [0.25, 0.3) is 0 Å². The molecule has 2 aromatic carbocycles. The predicted molar refractivity (Wildman–Crippen MR) is 89.5 cm³/mol.